The molecule has 1 aromatic rings. The molecule has 0 radical (unpaired) electrons. The number of thioether (sulfide) groups is 1. The first kappa shape index (κ1) is 16.2. The highest BCUT2D eigenvalue weighted by atomic mass is 32.2. The Bertz CT molecular complexity index is 633. The van der Waals surface area contributed by atoms with Crippen LogP contribution < -0.4 is 14.8 Å². The molecule has 0 saturated carbocycles. The van der Waals surface area contributed by atoms with E-state index in [0.29, 0.717) is 16.7 Å². The molecule has 1 aliphatic rings. The first-order valence-electron chi connectivity index (χ1n) is 6.50. The summed E-state index contributed by atoms with van der Waals surface area (Å²) in [6.07, 6.45) is 0. The molecule has 0 bridgehead atoms. The summed E-state index contributed by atoms with van der Waals surface area (Å²) in [4.78, 5) is 23.0. The van der Waals surface area contributed by atoms with Crippen LogP contribution in [0.4, 0.5) is 0 Å². The van der Waals surface area contributed by atoms with Crippen molar-refractivity contribution in [1.29, 1.82) is 0 Å². The molecule has 2 amide bonds. The van der Waals surface area contributed by atoms with Crippen LogP contribution in [0.25, 0.3) is 0 Å². The fraction of sp³-hybridized carbons (Fsp3) is 0.357. The molecule has 1 aliphatic heterocycles. The summed E-state index contributed by atoms with van der Waals surface area (Å²) in [6, 6.07) is 5.34. The van der Waals surface area contributed by atoms with Gasteiger partial charge in [0.15, 0.2) is 5.17 Å². The van der Waals surface area contributed by atoms with Gasteiger partial charge in [0.25, 0.3) is 0 Å². The van der Waals surface area contributed by atoms with E-state index in [-0.39, 0.29) is 11.8 Å². The van der Waals surface area contributed by atoms with Gasteiger partial charge in [-0.3, -0.25) is 9.59 Å². The zero-order valence-electron chi connectivity index (χ0n) is 12.7. The molecule has 118 valence electrons. The Hall–Kier alpha value is -2.22. The second kappa shape index (κ2) is 6.69. The molecule has 7 nitrogen and oxygen atoms in total. The van der Waals surface area contributed by atoms with Crippen LogP contribution in [-0.4, -0.2) is 36.2 Å². The van der Waals surface area contributed by atoms with Crippen LogP contribution in [0.2, 0.25) is 0 Å². The number of hydrogen-bond donors (Lipinski definition) is 1. The normalized spacial score (nSPS) is 17.0. The second-order valence-electron chi connectivity index (χ2n) is 4.53. The van der Waals surface area contributed by atoms with Gasteiger partial charge in [0, 0.05) is 25.5 Å². The van der Waals surface area contributed by atoms with E-state index in [2.05, 4.69) is 10.4 Å². The number of hydrazone groups is 1. The third-order valence-corrected chi connectivity index (χ3v) is 4.04. The number of rotatable bonds is 3. The fourth-order valence-corrected chi connectivity index (χ4v) is 3.15. The monoisotopic (exact) mass is 323 g/mol. The molecule has 2 rings (SSSR count). The van der Waals surface area contributed by atoms with Crippen molar-refractivity contribution in [2.45, 2.75) is 19.2 Å². The quantitative estimate of drug-likeness (QED) is 0.916. The standard InChI is InChI=1S/C14H17N3O4S/c1-8(18)15-14-16-17(9(2)19)13(22-14)11-6-5-10(20-3)7-12(11)21-4/h5-7,13H,1-4H3,(H,15,16,18)/t13-/m1/s1. The Morgan fingerprint density at radius 3 is 2.55 bits per heavy atom. The van der Waals surface area contributed by atoms with Crippen molar-refractivity contribution in [2.75, 3.05) is 14.2 Å². The van der Waals surface area contributed by atoms with Crippen molar-refractivity contribution in [3.63, 3.8) is 0 Å². The van der Waals surface area contributed by atoms with Crippen LogP contribution in [0.15, 0.2) is 23.3 Å². The van der Waals surface area contributed by atoms with Crippen molar-refractivity contribution in [3.8, 4) is 11.5 Å². The smallest absolute Gasteiger partial charge is 0.241 e. The molecule has 0 unspecified atom stereocenters. The van der Waals surface area contributed by atoms with Crippen LogP contribution >= 0.6 is 11.8 Å². The maximum absolute atomic E-state index is 11.8. The molecule has 1 aromatic carbocycles. The number of methoxy groups -OCH3 is 2. The van der Waals surface area contributed by atoms with Crippen molar-refractivity contribution in [1.82, 2.24) is 10.3 Å². The number of nitrogens with zero attached hydrogens (tertiary/aromatic N) is 2. The first-order chi connectivity index (χ1) is 10.5. The van der Waals surface area contributed by atoms with Gasteiger partial charge in [-0.25, -0.2) is 5.01 Å². The number of carbonyl (C=O) groups excluding carboxylic acids is 2. The first-order valence-corrected chi connectivity index (χ1v) is 7.38. The van der Waals surface area contributed by atoms with Gasteiger partial charge in [0.2, 0.25) is 11.8 Å². The number of carbonyl (C=O) groups is 2. The van der Waals surface area contributed by atoms with Crippen LogP contribution in [-0.2, 0) is 9.59 Å². The Labute approximate surface area is 132 Å². The third kappa shape index (κ3) is 3.33. The average molecular weight is 323 g/mol. The van der Waals surface area contributed by atoms with Gasteiger partial charge in [-0.1, -0.05) is 11.8 Å². The van der Waals surface area contributed by atoms with Crippen molar-refractivity contribution < 1.29 is 19.1 Å². The van der Waals surface area contributed by atoms with Gasteiger partial charge in [0.1, 0.15) is 16.9 Å². The van der Waals surface area contributed by atoms with E-state index >= 15 is 0 Å². The predicted octanol–water partition coefficient (Wildman–Crippen LogP) is 1.70. The Morgan fingerprint density at radius 2 is 2.00 bits per heavy atom. The molecule has 1 atom stereocenters. The molecular formula is C14H17N3O4S. The Morgan fingerprint density at radius 1 is 1.27 bits per heavy atom. The summed E-state index contributed by atoms with van der Waals surface area (Å²) in [5.74, 6) is 0.774. The van der Waals surface area contributed by atoms with E-state index in [1.165, 1.54) is 30.6 Å². The zero-order chi connectivity index (χ0) is 16.3. The van der Waals surface area contributed by atoms with Crippen LogP contribution in [0.3, 0.4) is 0 Å². The second-order valence-corrected chi connectivity index (χ2v) is 5.60. The van der Waals surface area contributed by atoms with E-state index < -0.39 is 5.37 Å². The number of nitrogens with one attached hydrogen (secondary N) is 1. The fourth-order valence-electron chi connectivity index (χ4n) is 1.99. The minimum atomic E-state index is -0.403. The number of hydrogen-bond acceptors (Lipinski definition) is 6. The highest BCUT2D eigenvalue weighted by Gasteiger charge is 2.34. The maximum atomic E-state index is 11.8. The van der Waals surface area contributed by atoms with Gasteiger partial charge >= 0.3 is 0 Å². The minimum absolute atomic E-state index is 0.226. The summed E-state index contributed by atoms with van der Waals surface area (Å²) in [6.45, 7) is 2.81. The zero-order valence-corrected chi connectivity index (χ0v) is 13.6. The highest BCUT2D eigenvalue weighted by Crippen LogP contribution is 2.43. The van der Waals surface area contributed by atoms with E-state index in [4.69, 9.17) is 9.47 Å². The lowest BCUT2D eigenvalue weighted by atomic mass is 10.2. The maximum Gasteiger partial charge on any atom is 0.241 e. The van der Waals surface area contributed by atoms with Crippen molar-refractivity contribution >= 4 is 28.7 Å². The SMILES string of the molecule is COc1ccc([C@H]2SC(NC(C)=O)=NN2C(C)=O)c(OC)c1. The number of amidine groups is 1. The largest absolute Gasteiger partial charge is 0.497 e. The van der Waals surface area contributed by atoms with E-state index in [1.54, 1.807) is 26.4 Å². The van der Waals surface area contributed by atoms with E-state index in [1.807, 2.05) is 6.07 Å². The van der Waals surface area contributed by atoms with Gasteiger partial charge in [-0.05, 0) is 12.1 Å². The lowest BCUT2D eigenvalue weighted by Crippen LogP contribution is -2.25. The summed E-state index contributed by atoms with van der Waals surface area (Å²) in [5.41, 5.74) is 0.771. The number of amides is 2. The number of ether oxygens (including phenoxy) is 2. The topological polar surface area (TPSA) is 80.2 Å². The summed E-state index contributed by atoms with van der Waals surface area (Å²) in [5, 5.41) is 8.05. The third-order valence-electron chi connectivity index (χ3n) is 2.96. The van der Waals surface area contributed by atoms with Gasteiger partial charge in [0.05, 0.1) is 14.2 Å². The lowest BCUT2D eigenvalue weighted by Gasteiger charge is -2.21. The number of benzene rings is 1. The molecule has 0 saturated heterocycles. The summed E-state index contributed by atoms with van der Waals surface area (Å²) < 4.78 is 10.5. The summed E-state index contributed by atoms with van der Waals surface area (Å²) >= 11 is 1.27. The van der Waals surface area contributed by atoms with E-state index in [0.717, 1.165) is 5.56 Å². The van der Waals surface area contributed by atoms with Crippen molar-refractivity contribution in [3.05, 3.63) is 23.8 Å². The molecule has 8 heteroatoms. The van der Waals surface area contributed by atoms with Gasteiger partial charge in [-0.15, -0.1) is 5.10 Å². The van der Waals surface area contributed by atoms with Crippen LogP contribution in [0.5, 0.6) is 11.5 Å². The van der Waals surface area contributed by atoms with Crippen LogP contribution in [0, 0.1) is 0 Å². The minimum Gasteiger partial charge on any atom is -0.497 e. The van der Waals surface area contributed by atoms with Gasteiger partial charge in [-0.2, -0.15) is 0 Å². The molecule has 0 spiro atoms. The molecule has 0 aromatic heterocycles. The molecule has 0 aliphatic carbocycles. The molecule has 1 heterocycles. The molecule has 1 N–H and O–H groups in total. The Balaban J connectivity index is 2.35. The molecular weight excluding hydrogens is 306 g/mol. The van der Waals surface area contributed by atoms with Crippen molar-refractivity contribution in [2.24, 2.45) is 5.10 Å². The highest BCUT2D eigenvalue weighted by molar-refractivity contribution is 8.14. The Kier molecular flexibility index (Phi) is 4.92. The lowest BCUT2D eigenvalue weighted by molar-refractivity contribution is -0.129. The van der Waals surface area contributed by atoms with Crippen LogP contribution in [0.1, 0.15) is 24.8 Å². The van der Waals surface area contributed by atoms with E-state index in [9.17, 15) is 9.59 Å². The average Bonchev–Trinajstić information content (AvgIpc) is 2.89. The molecule has 0 fully saturated rings. The predicted molar refractivity (Wildman–Crippen MR) is 83.6 cm³/mol. The van der Waals surface area contributed by atoms with Gasteiger partial charge < -0.3 is 14.8 Å². The summed E-state index contributed by atoms with van der Waals surface area (Å²) in [7, 11) is 3.12. The molecule has 22 heavy (non-hydrogen) atoms.